The molecule has 0 aliphatic carbocycles. The first-order valence-corrected chi connectivity index (χ1v) is 10.4. The van der Waals surface area contributed by atoms with Crippen molar-refractivity contribution >= 4 is 34.1 Å². The number of thiazole rings is 1. The predicted octanol–water partition coefficient (Wildman–Crippen LogP) is 5.65. The zero-order valence-electron chi connectivity index (χ0n) is 14.9. The van der Waals surface area contributed by atoms with Crippen molar-refractivity contribution in [2.24, 2.45) is 0 Å². The van der Waals surface area contributed by atoms with Crippen molar-refractivity contribution in [3.8, 4) is 11.1 Å². The highest BCUT2D eigenvalue weighted by molar-refractivity contribution is 8.01. The average molecular weight is 413 g/mol. The number of rotatable bonds is 5. The lowest BCUT2D eigenvalue weighted by Crippen LogP contribution is -1.98. The molecule has 4 rings (SSSR count). The summed E-state index contributed by atoms with van der Waals surface area (Å²) in [5, 5.41) is 12.5. The fourth-order valence-electron chi connectivity index (χ4n) is 2.85. The Bertz CT molecular complexity index is 1180. The summed E-state index contributed by atoms with van der Waals surface area (Å²) < 4.78 is 19.4. The van der Waals surface area contributed by atoms with Gasteiger partial charge in [0.1, 0.15) is 11.4 Å². The van der Waals surface area contributed by atoms with Crippen molar-refractivity contribution in [2.75, 3.05) is 0 Å². The highest BCUT2D eigenvalue weighted by atomic mass is 32.2. The maximum absolute atomic E-state index is 13.2. The van der Waals surface area contributed by atoms with Crippen molar-refractivity contribution < 1.29 is 13.9 Å². The van der Waals surface area contributed by atoms with E-state index >= 15 is 0 Å². The molecule has 0 radical (unpaired) electrons. The molecule has 1 atom stereocenters. The SMILES string of the molecule is CCC(O)c1csc(Sc2ccc3c(-c4ccc(F)cc4)cc(=O)oc3c2)n1. The van der Waals surface area contributed by atoms with E-state index in [1.807, 2.05) is 24.4 Å². The van der Waals surface area contributed by atoms with Crippen LogP contribution < -0.4 is 5.63 Å². The van der Waals surface area contributed by atoms with Gasteiger partial charge in [0.2, 0.25) is 0 Å². The highest BCUT2D eigenvalue weighted by Gasteiger charge is 2.13. The molecule has 2 aromatic carbocycles. The van der Waals surface area contributed by atoms with Crippen molar-refractivity contribution in [3.63, 3.8) is 0 Å². The van der Waals surface area contributed by atoms with Crippen LogP contribution >= 0.6 is 23.1 Å². The molecule has 1 unspecified atom stereocenters. The standard InChI is InChI=1S/C21H16FNO3S2/c1-2-18(24)17-11-27-21(23-17)28-14-7-8-15-16(10-20(25)26-19(15)9-14)12-3-5-13(22)6-4-12/h3-11,18,24H,2H2,1H3. The third kappa shape index (κ3) is 3.87. The van der Waals surface area contributed by atoms with E-state index in [2.05, 4.69) is 4.98 Å². The van der Waals surface area contributed by atoms with Crippen molar-refractivity contribution in [1.82, 2.24) is 4.98 Å². The number of nitrogens with zero attached hydrogens (tertiary/aromatic N) is 1. The molecule has 0 aliphatic heterocycles. The second-order valence-electron chi connectivity index (χ2n) is 6.21. The Kier molecular flexibility index (Phi) is 5.30. The fourth-order valence-corrected chi connectivity index (χ4v) is 4.72. The van der Waals surface area contributed by atoms with Crippen LogP contribution in [0.4, 0.5) is 4.39 Å². The van der Waals surface area contributed by atoms with Gasteiger partial charge < -0.3 is 9.52 Å². The van der Waals surface area contributed by atoms with Gasteiger partial charge in [-0.15, -0.1) is 11.3 Å². The minimum absolute atomic E-state index is 0.328. The van der Waals surface area contributed by atoms with Gasteiger partial charge in [0, 0.05) is 21.7 Å². The number of aliphatic hydroxyl groups excluding tert-OH is 1. The second kappa shape index (κ2) is 7.87. The van der Waals surface area contributed by atoms with E-state index in [-0.39, 0.29) is 5.82 Å². The molecule has 0 amide bonds. The highest BCUT2D eigenvalue weighted by Crippen LogP contribution is 2.35. The number of fused-ring (bicyclic) bond motifs is 1. The largest absolute Gasteiger partial charge is 0.423 e. The molecule has 28 heavy (non-hydrogen) atoms. The summed E-state index contributed by atoms with van der Waals surface area (Å²) in [7, 11) is 0. The molecule has 0 bridgehead atoms. The van der Waals surface area contributed by atoms with Crippen molar-refractivity contribution in [2.45, 2.75) is 28.7 Å². The van der Waals surface area contributed by atoms with Gasteiger partial charge in [0.05, 0.1) is 11.8 Å². The number of hydrogen-bond acceptors (Lipinski definition) is 6. The topological polar surface area (TPSA) is 63.3 Å². The van der Waals surface area contributed by atoms with Gasteiger partial charge in [0.25, 0.3) is 0 Å². The quantitative estimate of drug-likeness (QED) is 0.428. The molecule has 0 spiro atoms. The number of benzene rings is 2. The monoisotopic (exact) mass is 413 g/mol. The van der Waals surface area contributed by atoms with E-state index in [9.17, 15) is 14.3 Å². The van der Waals surface area contributed by atoms with E-state index < -0.39 is 11.7 Å². The smallest absolute Gasteiger partial charge is 0.336 e. The minimum Gasteiger partial charge on any atom is -0.423 e. The molecule has 7 heteroatoms. The number of halogens is 1. The van der Waals surface area contributed by atoms with E-state index in [0.29, 0.717) is 23.3 Å². The van der Waals surface area contributed by atoms with Crippen LogP contribution in [0.25, 0.3) is 22.1 Å². The van der Waals surface area contributed by atoms with Gasteiger partial charge >= 0.3 is 5.63 Å². The molecule has 4 nitrogen and oxygen atoms in total. The predicted molar refractivity (Wildman–Crippen MR) is 109 cm³/mol. The molecule has 2 aromatic heterocycles. The Balaban J connectivity index is 1.70. The molecule has 4 aromatic rings. The Morgan fingerprint density at radius 2 is 2.00 bits per heavy atom. The van der Waals surface area contributed by atoms with Crippen LogP contribution in [0.5, 0.6) is 0 Å². The van der Waals surface area contributed by atoms with Gasteiger partial charge in [-0.1, -0.05) is 30.8 Å². The first-order valence-electron chi connectivity index (χ1n) is 8.68. The summed E-state index contributed by atoms with van der Waals surface area (Å²) in [5.41, 5.74) is 2.11. The molecule has 1 N–H and O–H groups in total. The lowest BCUT2D eigenvalue weighted by molar-refractivity contribution is 0.169. The first kappa shape index (κ1) is 18.9. The summed E-state index contributed by atoms with van der Waals surface area (Å²) in [6, 6.07) is 13.0. The molecule has 142 valence electrons. The Morgan fingerprint density at radius 1 is 1.21 bits per heavy atom. The minimum atomic E-state index is -0.557. The molecule has 0 aliphatic rings. The lowest BCUT2D eigenvalue weighted by Gasteiger charge is -2.07. The maximum atomic E-state index is 13.2. The third-order valence-corrected chi connectivity index (χ3v) is 6.25. The summed E-state index contributed by atoms with van der Waals surface area (Å²) in [6.45, 7) is 1.90. The van der Waals surface area contributed by atoms with E-state index in [1.54, 1.807) is 18.2 Å². The van der Waals surface area contributed by atoms with Crippen LogP contribution in [0.3, 0.4) is 0 Å². The summed E-state index contributed by atoms with van der Waals surface area (Å²) in [6.07, 6.45) is 0.0553. The van der Waals surface area contributed by atoms with Crippen LogP contribution in [0, 0.1) is 5.82 Å². The molecular weight excluding hydrogens is 397 g/mol. The van der Waals surface area contributed by atoms with Gasteiger partial charge in [-0.3, -0.25) is 0 Å². The van der Waals surface area contributed by atoms with E-state index in [1.165, 1.54) is 41.3 Å². The van der Waals surface area contributed by atoms with Gasteiger partial charge in [-0.2, -0.15) is 0 Å². The number of aliphatic hydroxyl groups is 1. The van der Waals surface area contributed by atoms with Gasteiger partial charge in [-0.05, 0) is 47.9 Å². The van der Waals surface area contributed by atoms with Crippen molar-refractivity contribution in [3.05, 3.63) is 75.8 Å². The Hall–Kier alpha value is -2.48. The normalized spacial score (nSPS) is 12.4. The van der Waals surface area contributed by atoms with Crippen LogP contribution in [0.1, 0.15) is 25.1 Å². The number of aromatic nitrogens is 1. The molecule has 2 heterocycles. The molecule has 0 saturated heterocycles. The molecule has 0 saturated carbocycles. The van der Waals surface area contributed by atoms with E-state index in [0.717, 1.165) is 20.2 Å². The average Bonchev–Trinajstić information content (AvgIpc) is 3.15. The zero-order valence-corrected chi connectivity index (χ0v) is 16.5. The van der Waals surface area contributed by atoms with Crippen LogP contribution in [0.2, 0.25) is 0 Å². The third-order valence-electron chi connectivity index (χ3n) is 4.31. The first-order chi connectivity index (χ1) is 13.5. The van der Waals surface area contributed by atoms with Crippen molar-refractivity contribution in [1.29, 1.82) is 0 Å². The van der Waals surface area contributed by atoms with Crippen LogP contribution in [0.15, 0.2) is 72.4 Å². The lowest BCUT2D eigenvalue weighted by atomic mass is 10.0. The number of hydrogen-bond donors (Lipinski definition) is 1. The van der Waals surface area contributed by atoms with Gasteiger partial charge in [-0.25, -0.2) is 14.2 Å². The molecular formula is C21H16FNO3S2. The van der Waals surface area contributed by atoms with Crippen LogP contribution in [-0.4, -0.2) is 10.1 Å². The fraction of sp³-hybridized carbons (Fsp3) is 0.143. The summed E-state index contributed by atoms with van der Waals surface area (Å²) in [4.78, 5) is 17.4. The molecule has 0 fully saturated rings. The Labute approximate surface area is 168 Å². The van der Waals surface area contributed by atoms with Gasteiger partial charge in [0.15, 0.2) is 4.34 Å². The maximum Gasteiger partial charge on any atom is 0.336 e. The second-order valence-corrected chi connectivity index (χ2v) is 8.39. The summed E-state index contributed by atoms with van der Waals surface area (Å²) >= 11 is 2.91. The van der Waals surface area contributed by atoms with E-state index in [4.69, 9.17) is 4.42 Å². The Morgan fingerprint density at radius 3 is 2.75 bits per heavy atom. The summed E-state index contributed by atoms with van der Waals surface area (Å²) in [5.74, 6) is -0.328. The zero-order chi connectivity index (χ0) is 19.7. The van der Waals surface area contributed by atoms with Crippen LogP contribution in [-0.2, 0) is 0 Å².